The van der Waals surface area contributed by atoms with Crippen LogP contribution in [0.3, 0.4) is 0 Å². The summed E-state index contributed by atoms with van der Waals surface area (Å²) in [6, 6.07) is 5.72. The average Bonchev–Trinajstić information content (AvgIpc) is 2.16. The molecule has 0 aromatic heterocycles. The fraction of sp³-hybridized carbons (Fsp3) is 0.182. The fourth-order valence-electron chi connectivity index (χ4n) is 1.42. The van der Waals surface area contributed by atoms with Crippen molar-refractivity contribution in [2.45, 2.75) is 6.92 Å². The molecule has 0 atom stereocenters. The van der Waals surface area contributed by atoms with Crippen LogP contribution < -0.4 is 4.74 Å². The van der Waals surface area contributed by atoms with E-state index >= 15 is 0 Å². The van der Waals surface area contributed by atoms with E-state index in [0.29, 0.717) is 5.57 Å². The van der Waals surface area contributed by atoms with Gasteiger partial charge in [-0.15, -0.1) is 0 Å². The van der Waals surface area contributed by atoms with Gasteiger partial charge < -0.3 is 9.84 Å². The van der Waals surface area contributed by atoms with E-state index in [2.05, 4.69) is 0 Å². The molecule has 0 fully saturated rings. The molecule has 1 aliphatic rings. The van der Waals surface area contributed by atoms with Gasteiger partial charge in [-0.05, 0) is 25.1 Å². The van der Waals surface area contributed by atoms with Crippen molar-refractivity contribution in [1.29, 1.82) is 0 Å². The van der Waals surface area contributed by atoms with Crippen molar-refractivity contribution >= 4 is 12.0 Å². The van der Waals surface area contributed by atoms with Crippen LogP contribution in [0.25, 0.3) is 6.08 Å². The molecule has 2 rings (SSSR count). The number of hydrogen-bond acceptors (Lipinski definition) is 2. The van der Waals surface area contributed by atoms with E-state index < -0.39 is 5.97 Å². The second-order valence-electron chi connectivity index (χ2n) is 3.30. The van der Waals surface area contributed by atoms with Gasteiger partial charge in [-0.3, -0.25) is 0 Å². The molecule has 0 radical (unpaired) electrons. The first-order valence-corrected chi connectivity index (χ1v) is 4.34. The lowest BCUT2D eigenvalue weighted by Crippen LogP contribution is -2.14. The van der Waals surface area contributed by atoms with Gasteiger partial charge in [0.05, 0.1) is 5.57 Å². The smallest absolute Gasteiger partial charge is 0.335 e. The van der Waals surface area contributed by atoms with Crippen molar-refractivity contribution in [3.8, 4) is 5.75 Å². The van der Waals surface area contributed by atoms with Crippen molar-refractivity contribution in [1.82, 2.24) is 0 Å². The molecule has 0 spiro atoms. The van der Waals surface area contributed by atoms with Crippen LogP contribution in [0, 0.1) is 6.92 Å². The highest BCUT2D eigenvalue weighted by Gasteiger charge is 2.15. The van der Waals surface area contributed by atoms with Crippen LogP contribution in [0.1, 0.15) is 11.1 Å². The van der Waals surface area contributed by atoms with Gasteiger partial charge in [0.15, 0.2) is 0 Å². The Hall–Kier alpha value is -1.77. The standard InChI is InChI=1S/C11H10O3/c1-7-2-3-10-8(4-7)5-9(6-14-10)11(12)13/h2-5H,6H2,1H3,(H,12,13). The molecule has 0 unspecified atom stereocenters. The molecular formula is C11H10O3. The number of aliphatic carboxylic acids is 1. The van der Waals surface area contributed by atoms with E-state index in [1.807, 2.05) is 25.1 Å². The Morgan fingerprint density at radius 1 is 1.50 bits per heavy atom. The van der Waals surface area contributed by atoms with E-state index in [9.17, 15) is 4.79 Å². The number of rotatable bonds is 1. The molecule has 1 N–H and O–H groups in total. The molecule has 14 heavy (non-hydrogen) atoms. The van der Waals surface area contributed by atoms with E-state index in [1.54, 1.807) is 6.08 Å². The Morgan fingerprint density at radius 2 is 2.29 bits per heavy atom. The van der Waals surface area contributed by atoms with Crippen molar-refractivity contribution in [2.75, 3.05) is 6.61 Å². The molecule has 1 aromatic carbocycles. The maximum Gasteiger partial charge on any atom is 0.335 e. The lowest BCUT2D eigenvalue weighted by Gasteiger charge is -2.15. The second kappa shape index (κ2) is 3.18. The minimum atomic E-state index is -0.919. The number of fused-ring (bicyclic) bond motifs is 1. The Morgan fingerprint density at radius 3 is 3.00 bits per heavy atom. The van der Waals surface area contributed by atoms with Crippen LogP contribution in [-0.4, -0.2) is 17.7 Å². The molecule has 1 aliphatic heterocycles. The van der Waals surface area contributed by atoms with Gasteiger partial charge in [-0.1, -0.05) is 11.6 Å². The predicted molar refractivity (Wildman–Crippen MR) is 52.3 cm³/mol. The zero-order valence-electron chi connectivity index (χ0n) is 7.78. The Labute approximate surface area is 81.6 Å². The van der Waals surface area contributed by atoms with E-state index in [4.69, 9.17) is 9.84 Å². The third kappa shape index (κ3) is 1.48. The number of benzene rings is 1. The van der Waals surface area contributed by atoms with E-state index in [1.165, 1.54) is 0 Å². The van der Waals surface area contributed by atoms with Crippen molar-refractivity contribution in [2.24, 2.45) is 0 Å². The molecule has 72 valence electrons. The van der Waals surface area contributed by atoms with E-state index in [0.717, 1.165) is 16.9 Å². The Bertz CT molecular complexity index is 419. The lowest BCUT2D eigenvalue weighted by molar-refractivity contribution is -0.132. The molecule has 1 aromatic rings. The summed E-state index contributed by atoms with van der Waals surface area (Å²) in [5.41, 5.74) is 2.23. The van der Waals surface area contributed by atoms with Crippen molar-refractivity contribution in [3.63, 3.8) is 0 Å². The summed E-state index contributed by atoms with van der Waals surface area (Å²) >= 11 is 0. The van der Waals surface area contributed by atoms with Gasteiger partial charge in [0, 0.05) is 5.56 Å². The predicted octanol–water partition coefficient (Wildman–Crippen LogP) is 1.86. The monoisotopic (exact) mass is 190 g/mol. The van der Waals surface area contributed by atoms with Crippen molar-refractivity contribution < 1.29 is 14.6 Å². The van der Waals surface area contributed by atoms with Crippen LogP contribution in [-0.2, 0) is 4.79 Å². The zero-order valence-corrected chi connectivity index (χ0v) is 7.78. The highest BCUT2D eigenvalue weighted by atomic mass is 16.5. The van der Waals surface area contributed by atoms with Crippen LogP contribution in [0.4, 0.5) is 0 Å². The summed E-state index contributed by atoms with van der Waals surface area (Å²) < 4.78 is 5.30. The SMILES string of the molecule is Cc1ccc2c(c1)C=C(C(=O)O)CO2. The Balaban J connectivity index is 2.47. The number of carboxylic acid groups (broad SMARTS) is 1. The third-order valence-electron chi connectivity index (χ3n) is 2.15. The summed E-state index contributed by atoms with van der Waals surface area (Å²) in [4.78, 5) is 10.7. The summed E-state index contributed by atoms with van der Waals surface area (Å²) in [6.45, 7) is 2.11. The van der Waals surface area contributed by atoms with Crippen LogP contribution in [0.2, 0.25) is 0 Å². The molecular weight excluding hydrogens is 180 g/mol. The van der Waals surface area contributed by atoms with Crippen molar-refractivity contribution in [3.05, 3.63) is 34.9 Å². The maximum absolute atomic E-state index is 10.7. The molecule has 0 saturated heterocycles. The summed E-state index contributed by atoms with van der Waals surface area (Å²) in [6.07, 6.45) is 1.66. The highest BCUT2D eigenvalue weighted by Crippen LogP contribution is 2.26. The maximum atomic E-state index is 10.7. The molecule has 3 nitrogen and oxygen atoms in total. The number of carbonyl (C=O) groups is 1. The van der Waals surface area contributed by atoms with Gasteiger partial charge >= 0.3 is 5.97 Å². The molecule has 0 amide bonds. The normalized spacial score (nSPS) is 13.9. The van der Waals surface area contributed by atoms with Crippen LogP contribution in [0.5, 0.6) is 5.75 Å². The molecule has 1 heterocycles. The molecule has 0 saturated carbocycles. The minimum absolute atomic E-state index is 0.144. The number of carboxylic acids is 1. The number of aryl methyl sites for hydroxylation is 1. The molecule has 0 aliphatic carbocycles. The van der Waals surface area contributed by atoms with Gasteiger partial charge in [-0.25, -0.2) is 4.79 Å². The first kappa shape index (κ1) is 8.81. The average molecular weight is 190 g/mol. The largest absolute Gasteiger partial charge is 0.488 e. The van der Waals surface area contributed by atoms with Gasteiger partial charge in [0.1, 0.15) is 12.4 Å². The van der Waals surface area contributed by atoms with Gasteiger partial charge in [0.25, 0.3) is 0 Å². The first-order chi connectivity index (χ1) is 6.66. The van der Waals surface area contributed by atoms with Crippen LogP contribution in [0.15, 0.2) is 23.8 Å². The zero-order chi connectivity index (χ0) is 10.1. The molecule has 0 bridgehead atoms. The van der Waals surface area contributed by atoms with Crippen LogP contribution >= 0.6 is 0 Å². The van der Waals surface area contributed by atoms with E-state index in [-0.39, 0.29) is 6.61 Å². The summed E-state index contributed by atoms with van der Waals surface area (Å²) in [7, 11) is 0. The second-order valence-corrected chi connectivity index (χ2v) is 3.30. The summed E-state index contributed by atoms with van der Waals surface area (Å²) in [5.74, 6) is -0.169. The van der Waals surface area contributed by atoms with Gasteiger partial charge in [-0.2, -0.15) is 0 Å². The lowest BCUT2D eigenvalue weighted by atomic mass is 10.1. The van der Waals surface area contributed by atoms with Gasteiger partial charge in [0.2, 0.25) is 0 Å². The highest BCUT2D eigenvalue weighted by molar-refractivity contribution is 5.93. The first-order valence-electron chi connectivity index (χ1n) is 4.34. The summed E-state index contributed by atoms with van der Waals surface area (Å²) in [5, 5.41) is 8.78. The minimum Gasteiger partial charge on any atom is -0.488 e. The number of hydrogen-bond donors (Lipinski definition) is 1. The third-order valence-corrected chi connectivity index (χ3v) is 2.15. The number of ether oxygens (including phenoxy) is 1. The quantitative estimate of drug-likeness (QED) is 0.735. The molecule has 3 heteroatoms. The topological polar surface area (TPSA) is 46.5 Å². The fourth-order valence-corrected chi connectivity index (χ4v) is 1.42. The Kier molecular flexibility index (Phi) is 2.00.